The maximum absolute atomic E-state index is 10.8. The van der Waals surface area contributed by atoms with Gasteiger partial charge in [-0.2, -0.15) is 0 Å². The largest absolute Gasteiger partial charge is 0.481 e. The van der Waals surface area contributed by atoms with E-state index in [1.807, 2.05) is 11.3 Å². The van der Waals surface area contributed by atoms with Crippen LogP contribution in [0, 0.1) is 5.92 Å². The number of carboxylic acid groups (broad SMARTS) is 1. The first-order valence-corrected chi connectivity index (χ1v) is 7.11. The Kier molecular flexibility index (Phi) is 4.57. The lowest BCUT2D eigenvalue weighted by Crippen LogP contribution is -2.36. The minimum absolute atomic E-state index is 0.108. The zero-order valence-corrected chi connectivity index (χ0v) is 10.8. The number of likely N-dealkylation sites (tertiary alicyclic amines) is 1. The summed E-state index contributed by atoms with van der Waals surface area (Å²) in [6, 6.07) is 4.28. The van der Waals surface area contributed by atoms with E-state index >= 15 is 0 Å². The van der Waals surface area contributed by atoms with Gasteiger partial charge in [0.05, 0.1) is 5.92 Å². The molecule has 1 N–H and O–H groups in total. The first-order chi connectivity index (χ1) is 8.25. The van der Waals surface area contributed by atoms with Gasteiger partial charge in [0.15, 0.2) is 0 Å². The normalized spacial score (nSPS) is 18.4. The molecule has 0 aromatic carbocycles. The zero-order valence-electron chi connectivity index (χ0n) is 9.97. The molecule has 1 fully saturated rings. The topological polar surface area (TPSA) is 40.5 Å². The number of hydrogen-bond donors (Lipinski definition) is 1. The van der Waals surface area contributed by atoms with E-state index in [4.69, 9.17) is 5.11 Å². The molecule has 0 unspecified atom stereocenters. The first kappa shape index (κ1) is 12.6. The Hall–Kier alpha value is -0.870. The SMILES string of the molecule is O=C(O)C1CCN(CCCc2cccs2)CC1. The Bertz CT molecular complexity index is 342. The zero-order chi connectivity index (χ0) is 12.1. The summed E-state index contributed by atoms with van der Waals surface area (Å²) in [5.74, 6) is -0.730. The lowest BCUT2D eigenvalue weighted by Gasteiger charge is -2.29. The third-order valence-corrected chi connectivity index (χ3v) is 4.35. The third kappa shape index (κ3) is 3.82. The van der Waals surface area contributed by atoms with Gasteiger partial charge in [-0.05, 0) is 56.8 Å². The summed E-state index contributed by atoms with van der Waals surface area (Å²) in [6.45, 7) is 2.99. The lowest BCUT2D eigenvalue weighted by molar-refractivity contribution is -0.143. The summed E-state index contributed by atoms with van der Waals surface area (Å²) in [5.41, 5.74) is 0. The number of aliphatic carboxylic acids is 1. The van der Waals surface area contributed by atoms with Gasteiger partial charge in [-0.3, -0.25) is 4.79 Å². The van der Waals surface area contributed by atoms with Crippen LogP contribution in [0.4, 0.5) is 0 Å². The molecular formula is C13H19NO2S. The Labute approximate surface area is 106 Å². The van der Waals surface area contributed by atoms with E-state index in [0.717, 1.165) is 38.9 Å². The van der Waals surface area contributed by atoms with E-state index in [1.165, 1.54) is 11.3 Å². The predicted molar refractivity (Wildman–Crippen MR) is 69.4 cm³/mol. The van der Waals surface area contributed by atoms with Gasteiger partial charge in [0.1, 0.15) is 0 Å². The Morgan fingerprint density at radius 1 is 1.47 bits per heavy atom. The highest BCUT2D eigenvalue weighted by atomic mass is 32.1. The molecule has 0 bridgehead atoms. The van der Waals surface area contributed by atoms with Crippen molar-refractivity contribution in [2.24, 2.45) is 5.92 Å². The number of carboxylic acids is 1. The summed E-state index contributed by atoms with van der Waals surface area (Å²) in [7, 11) is 0. The molecule has 0 radical (unpaired) electrons. The van der Waals surface area contributed by atoms with Crippen LogP contribution in [0.15, 0.2) is 17.5 Å². The van der Waals surface area contributed by atoms with Crippen molar-refractivity contribution < 1.29 is 9.90 Å². The number of carbonyl (C=O) groups is 1. The van der Waals surface area contributed by atoms with E-state index in [1.54, 1.807) is 0 Å². The molecule has 0 amide bonds. The van der Waals surface area contributed by atoms with Crippen LogP contribution in [0.25, 0.3) is 0 Å². The van der Waals surface area contributed by atoms with Gasteiger partial charge >= 0.3 is 5.97 Å². The number of piperidine rings is 1. The third-order valence-electron chi connectivity index (χ3n) is 3.41. The maximum Gasteiger partial charge on any atom is 0.306 e. The van der Waals surface area contributed by atoms with Crippen LogP contribution in [0.3, 0.4) is 0 Å². The summed E-state index contributed by atoms with van der Waals surface area (Å²) in [6.07, 6.45) is 3.96. The fourth-order valence-electron chi connectivity index (χ4n) is 2.34. The van der Waals surface area contributed by atoms with Gasteiger partial charge in [0.25, 0.3) is 0 Å². The summed E-state index contributed by atoms with van der Waals surface area (Å²) >= 11 is 1.82. The summed E-state index contributed by atoms with van der Waals surface area (Å²) in [5, 5.41) is 11.0. The number of hydrogen-bond acceptors (Lipinski definition) is 3. The monoisotopic (exact) mass is 253 g/mol. The van der Waals surface area contributed by atoms with Gasteiger partial charge in [-0.25, -0.2) is 0 Å². The van der Waals surface area contributed by atoms with Crippen molar-refractivity contribution in [2.45, 2.75) is 25.7 Å². The van der Waals surface area contributed by atoms with Crippen LogP contribution < -0.4 is 0 Å². The molecule has 1 aromatic rings. The average molecular weight is 253 g/mol. The smallest absolute Gasteiger partial charge is 0.306 e. The fraction of sp³-hybridized carbons (Fsp3) is 0.615. The van der Waals surface area contributed by atoms with Gasteiger partial charge in [0.2, 0.25) is 0 Å². The molecular weight excluding hydrogens is 234 g/mol. The van der Waals surface area contributed by atoms with Crippen LogP contribution in [0.2, 0.25) is 0 Å². The molecule has 2 heterocycles. The van der Waals surface area contributed by atoms with Crippen LogP contribution >= 0.6 is 11.3 Å². The molecule has 17 heavy (non-hydrogen) atoms. The minimum Gasteiger partial charge on any atom is -0.481 e. The van der Waals surface area contributed by atoms with Crippen LogP contribution in [0.5, 0.6) is 0 Å². The van der Waals surface area contributed by atoms with Crippen molar-refractivity contribution in [3.8, 4) is 0 Å². The molecule has 0 atom stereocenters. The predicted octanol–water partition coefficient (Wildman–Crippen LogP) is 2.48. The standard InChI is InChI=1S/C13H19NO2S/c15-13(16)11-5-8-14(9-6-11)7-1-3-12-4-2-10-17-12/h2,4,10-11H,1,3,5-9H2,(H,15,16). The lowest BCUT2D eigenvalue weighted by atomic mass is 9.97. The van der Waals surface area contributed by atoms with Gasteiger partial charge in [0, 0.05) is 4.88 Å². The highest BCUT2D eigenvalue weighted by Crippen LogP contribution is 2.18. The van der Waals surface area contributed by atoms with Crippen molar-refractivity contribution in [1.29, 1.82) is 0 Å². The Morgan fingerprint density at radius 3 is 2.82 bits per heavy atom. The molecule has 1 aromatic heterocycles. The number of aryl methyl sites for hydroxylation is 1. The first-order valence-electron chi connectivity index (χ1n) is 6.23. The summed E-state index contributed by atoms with van der Waals surface area (Å²) < 4.78 is 0. The molecule has 1 saturated heterocycles. The molecule has 1 aliphatic rings. The van der Waals surface area contributed by atoms with E-state index in [9.17, 15) is 4.79 Å². The molecule has 0 spiro atoms. The molecule has 0 aliphatic carbocycles. The maximum atomic E-state index is 10.8. The quantitative estimate of drug-likeness (QED) is 0.876. The second kappa shape index (κ2) is 6.17. The number of thiophene rings is 1. The second-order valence-electron chi connectivity index (χ2n) is 4.64. The second-order valence-corrected chi connectivity index (χ2v) is 5.67. The molecule has 3 nitrogen and oxygen atoms in total. The van der Waals surface area contributed by atoms with E-state index in [2.05, 4.69) is 22.4 Å². The Morgan fingerprint density at radius 2 is 2.24 bits per heavy atom. The van der Waals surface area contributed by atoms with Crippen molar-refractivity contribution in [3.63, 3.8) is 0 Å². The molecule has 0 saturated carbocycles. The van der Waals surface area contributed by atoms with Gasteiger partial charge < -0.3 is 10.0 Å². The Balaban J connectivity index is 1.63. The van der Waals surface area contributed by atoms with E-state index in [-0.39, 0.29) is 5.92 Å². The molecule has 1 aliphatic heterocycles. The fourth-order valence-corrected chi connectivity index (χ4v) is 3.09. The highest BCUT2D eigenvalue weighted by molar-refractivity contribution is 7.09. The van der Waals surface area contributed by atoms with Crippen LogP contribution in [-0.2, 0) is 11.2 Å². The number of nitrogens with zero attached hydrogens (tertiary/aromatic N) is 1. The van der Waals surface area contributed by atoms with Gasteiger partial charge in [-0.15, -0.1) is 11.3 Å². The average Bonchev–Trinajstić information content (AvgIpc) is 2.83. The van der Waals surface area contributed by atoms with Crippen molar-refractivity contribution in [3.05, 3.63) is 22.4 Å². The molecule has 2 rings (SSSR count). The highest BCUT2D eigenvalue weighted by Gasteiger charge is 2.23. The van der Waals surface area contributed by atoms with Gasteiger partial charge in [-0.1, -0.05) is 6.07 Å². The minimum atomic E-state index is -0.622. The van der Waals surface area contributed by atoms with E-state index < -0.39 is 5.97 Å². The summed E-state index contributed by atoms with van der Waals surface area (Å²) in [4.78, 5) is 14.7. The molecule has 4 heteroatoms. The molecule has 94 valence electrons. The van der Waals surface area contributed by atoms with Crippen molar-refractivity contribution in [1.82, 2.24) is 4.90 Å². The van der Waals surface area contributed by atoms with Crippen molar-refractivity contribution >= 4 is 17.3 Å². The van der Waals surface area contributed by atoms with Crippen LogP contribution in [-0.4, -0.2) is 35.6 Å². The number of rotatable bonds is 5. The van der Waals surface area contributed by atoms with Crippen LogP contribution in [0.1, 0.15) is 24.1 Å². The van der Waals surface area contributed by atoms with Crippen molar-refractivity contribution in [2.75, 3.05) is 19.6 Å². The van der Waals surface area contributed by atoms with E-state index in [0.29, 0.717) is 0 Å².